The molecule has 0 aliphatic heterocycles. The quantitative estimate of drug-likeness (QED) is 0.791. The predicted molar refractivity (Wildman–Crippen MR) is 61.2 cm³/mol. The van der Waals surface area contributed by atoms with Crippen LogP contribution < -0.4 is 10.5 Å². The van der Waals surface area contributed by atoms with E-state index in [2.05, 4.69) is 4.72 Å². The van der Waals surface area contributed by atoms with E-state index >= 15 is 0 Å². The molecule has 0 radical (unpaired) electrons. The Morgan fingerprint density at radius 3 is 2.69 bits per heavy atom. The molecule has 1 heterocycles. The summed E-state index contributed by atoms with van der Waals surface area (Å²) in [6.45, 7) is 2.37. The summed E-state index contributed by atoms with van der Waals surface area (Å²) < 4.78 is 28.3. The Morgan fingerprint density at radius 2 is 2.25 bits per heavy atom. The van der Waals surface area contributed by atoms with Crippen LogP contribution in [0.15, 0.2) is 17.2 Å². The van der Waals surface area contributed by atoms with Crippen molar-refractivity contribution >= 4 is 10.0 Å². The van der Waals surface area contributed by atoms with Crippen molar-refractivity contribution < 1.29 is 8.42 Å². The van der Waals surface area contributed by atoms with Crippen LogP contribution in [-0.4, -0.2) is 19.0 Å². The lowest BCUT2D eigenvalue weighted by atomic mass is 10.4. The molecule has 90 valence electrons. The van der Waals surface area contributed by atoms with Crippen molar-refractivity contribution in [1.82, 2.24) is 9.29 Å². The van der Waals surface area contributed by atoms with E-state index < -0.39 is 10.0 Å². The molecule has 1 aromatic rings. The van der Waals surface area contributed by atoms with E-state index in [1.165, 1.54) is 0 Å². The van der Waals surface area contributed by atoms with Crippen LogP contribution in [0, 0.1) is 5.92 Å². The highest BCUT2D eigenvalue weighted by molar-refractivity contribution is 7.89. The number of nitrogens with one attached hydrogen (secondary N) is 1. The van der Waals surface area contributed by atoms with Gasteiger partial charge in [-0.2, -0.15) is 0 Å². The zero-order valence-electron chi connectivity index (χ0n) is 9.47. The van der Waals surface area contributed by atoms with E-state index in [-0.39, 0.29) is 6.04 Å². The van der Waals surface area contributed by atoms with Crippen LogP contribution in [0.4, 0.5) is 0 Å². The van der Waals surface area contributed by atoms with E-state index in [0.29, 0.717) is 17.4 Å². The van der Waals surface area contributed by atoms with Crippen molar-refractivity contribution in [3.63, 3.8) is 0 Å². The monoisotopic (exact) mass is 243 g/mol. The second kappa shape index (κ2) is 3.87. The molecule has 1 saturated carbocycles. The average Bonchev–Trinajstić information content (AvgIpc) is 2.74. The van der Waals surface area contributed by atoms with Gasteiger partial charge < -0.3 is 10.3 Å². The molecule has 1 aromatic heterocycles. The van der Waals surface area contributed by atoms with Crippen molar-refractivity contribution in [1.29, 1.82) is 0 Å². The fraction of sp³-hybridized carbons (Fsp3) is 0.600. The third kappa shape index (κ3) is 2.14. The summed E-state index contributed by atoms with van der Waals surface area (Å²) in [5.74, 6) is 0.451. The Hall–Kier alpha value is -0.850. The van der Waals surface area contributed by atoms with Crippen LogP contribution in [0.25, 0.3) is 0 Å². The van der Waals surface area contributed by atoms with E-state index in [0.717, 1.165) is 12.1 Å². The van der Waals surface area contributed by atoms with Gasteiger partial charge in [-0.05, 0) is 18.4 Å². The number of nitrogens with zero attached hydrogens (tertiary/aromatic N) is 1. The topological polar surface area (TPSA) is 77.1 Å². The Kier molecular flexibility index (Phi) is 2.81. The zero-order chi connectivity index (χ0) is 11.9. The van der Waals surface area contributed by atoms with Gasteiger partial charge in [-0.15, -0.1) is 0 Å². The molecular weight excluding hydrogens is 226 g/mol. The van der Waals surface area contributed by atoms with E-state index in [1.54, 1.807) is 23.9 Å². The van der Waals surface area contributed by atoms with E-state index in [9.17, 15) is 8.42 Å². The Labute approximate surface area is 95.7 Å². The summed E-state index contributed by atoms with van der Waals surface area (Å²) in [6, 6.07) is 1.72. The number of hydrogen-bond donors (Lipinski definition) is 2. The van der Waals surface area contributed by atoms with Gasteiger partial charge in [-0.1, -0.05) is 6.92 Å². The second-order valence-corrected chi connectivity index (χ2v) is 6.14. The highest BCUT2D eigenvalue weighted by atomic mass is 32.2. The van der Waals surface area contributed by atoms with Crippen LogP contribution in [0.2, 0.25) is 0 Å². The molecule has 2 atom stereocenters. The molecule has 1 aliphatic carbocycles. The molecule has 2 unspecified atom stereocenters. The number of aromatic nitrogens is 1. The molecule has 0 aromatic carbocycles. The third-order valence-electron chi connectivity index (χ3n) is 3.02. The zero-order valence-corrected chi connectivity index (χ0v) is 10.3. The minimum atomic E-state index is -3.37. The normalized spacial score (nSPS) is 24.7. The van der Waals surface area contributed by atoms with Gasteiger partial charge in [0.2, 0.25) is 10.0 Å². The summed E-state index contributed by atoms with van der Waals surface area (Å²) in [5, 5.41) is 0. The number of hydrogen-bond acceptors (Lipinski definition) is 3. The largest absolute Gasteiger partial charge is 0.352 e. The molecule has 0 spiro atoms. The molecule has 6 heteroatoms. The van der Waals surface area contributed by atoms with Crippen LogP contribution in [0.1, 0.15) is 19.0 Å². The number of sulfonamides is 1. The third-order valence-corrected chi connectivity index (χ3v) is 4.48. The lowest BCUT2D eigenvalue weighted by molar-refractivity contribution is 0.578. The van der Waals surface area contributed by atoms with Gasteiger partial charge in [0.05, 0.1) is 4.90 Å². The molecule has 0 saturated heterocycles. The van der Waals surface area contributed by atoms with Crippen molar-refractivity contribution in [2.45, 2.75) is 30.8 Å². The van der Waals surface area contributed by atoms with Gasteiger partial charge in [0.1, 0.15) is 0 Å². The van der Waals surface area contributed by atoms with Crippen LogP contribution in [0.3, 0.4) is 0 Å². The van der Waals surface area contributed by atoms with E-state index in [4.69, 9.17) is 5.73 Å². The van der Waals surface area contributed by atoms with Crippen LogP contribution in [-0.2, 0) is 23.6 Å². The van der Waals surface area contributed by atoms with Gasteiger partial charge >= 0.3 is 0 Å². The maximum atomic E-state index is 11.9. The van der Waals surface area contributed by atoms with Gasteiger partial charge in [-0.3, -0.25) is 0 Å². The Balaban J connectivity index is 2.21. The van der Waals surface area contributed by atoms with Crippen molar-refractivity contribution in [2.75, 3.05) is 0 Å². The molecule has 1 aliphatic rings. The molecule has 5 nitrogen and oxygen atoms in total. The van der Waals surface area contributed by atoms with Crippen molar-refractivity contribution in [2.24, 2.45) is 18.7 Å². The molecule has 16 heavy (non-hydrogen) atoms. The minimum absolute atomic E-state index is 0.103. The lowest BCUT2D eigenvalue weighted by Crippen LogP contribution is -2.26. The summed E-state index contributed by atoms with van der Waals surface area (Å²) in [4.78, 5) is 0.301. The van der Waals surface area contributed by atoms with Crippen molar-refractivity contribution in [3.8, 4) is 0 Å². The molecule has 1 fully saturated rings. The molecule has 3 N–H and O–H groups in total. The summed E-state index contributed by atoms with van der Waals surface area (Å²) >= 11 is 0. The fourth-order valence-corrected chi connectivity index (χ4v) is 3.13. The second-order valence-electron chi connectivity index (χ2n) is 4.42. The first-order valence-electron chi connectivity index (χ1n) is 5.31. The molecule has 0 amide bonds. The standard InChI is InChI=1S/C10H17N3O2S/c1-7-3-10(7)12-16(14,15)9-4-8(5-11)13(2)6-9/h4,6-7,10,12H,3,5,11H2,1-2H3. The molecule has 2 rings (SSSR count). The maximum absolute atomic E-state index is 11.9. The van der Waals surface area contributed by atoms with E-state index in [1.807, 2.05) is 6.92 Å². The highest BCUT2D eigenvalue weighted by Gasteiger charge is 2.36. The van der Waals surface area contributed by atoms with Gasteiger partial charge in [0.25, 0.3) is 0 Å². The Bertz CT molecular complexity index is 492. The van der Waals surface area contributed by atoms with Crippen LogP contribution in [0.5, 0.6) is 0 Å². The summed E-state index contributed by atoms with van der Waals surface area (Å²) in [6.07, 6.45) is 2.52. The minimum Gasteiger partial charge on any atom is -0.352 e. The summed E-state index contributed by atoms with van der Waals surface area (Å²) in [5.41, 5.74) is 6.32. The molecule has 0 bridgehead atoms. The Morgan fingerprint density at radius 1 is 1.62 bits per heavy atom. The number of nitrogens with two attached hydrogens (primary N) is 1. The van der Waals surface area contributed by atoms with Crippen LogP contribution >= 0.6 is 0 Å². The smallest absolute Gasteiger partial charge is 0.242 e. The average molecular weight is 243 g/mol. The lowest BCUT2D eigenvalue weighted by Gasteiger charge is -2.02. The number of aryl methyl sites for hydroxylation is 1. The summed E-state index contributed by atoms with van der Waals surface area (Å²) in [7, 11) is -1.58. The first-order chi connectivity index (χ1) is 7.44. The predicted octanol–water partition coefficient (Wildman–Crippen LogP) is 0.171. The highest BCUT2D eigenvalue weighted by Crippen LogP contribution is 2.30. The number of rotatable bonds is 4. The fourth-order valence-electron chi connectivity index (χ4n) is 1.68. The molecular formula is C10H17N3O2S. The van der Waals surface area contributed by atoms with Gasteiger partial charge in [0, 0.05) is 31.5 Å². The SMILES string of the molecule is CC1CC1NS(=O)(=O)c1cc(CN)n(C)c1. The van der Waals surface area contributed by atoms with Crippen molar-refractivity contribution in [3.05, 3.63) is 18.0 Å². The first kappa shape index (κ1) is 11.6. The van der Waals surface area contributed by atoms with Gasteiger partial charge in [0.15, 0.2) is 0 Å². The first-order valence-corrected chi connectivity index (χ1v) is 6.80. The maximum Gasteiger partial charge on any atom is 0.242 e. The van der Waals surface area contributed by atoms with Gasteiger partial charge in [-0.25, -0.2) is 13.1 Å².